The lowest BCUT2D eigenvalue weighted by atomic mass is 10.1. The smallest absolute Gasteiger partial charge is 0.317 e. The van der Waals surface area contributed by atoms with Crippen LogP contribution in [0.3, 0.4) is 0 Å². The molecular weight excluding hydrogens is 420 g/mol. The molecule has 2 aromatic rings. The normalized spacial score (nSPS) is 21.5. The van der Waals surface area contributed by atoms with E-state index < -0.39 is 0 Å². The van der Waals surface area contributed by atoms with E-state index in [1.54, 1.807) is 0 Å². The van der Waals surface area contributed by atoms with Gasteiger partial charge in [-0.25, -0.2) is 9.78 Å². The molecule has 5 rings (SSSR count). The molecule has 1 unspecified atom stereocenters. The van der Waals surface area contributed by atoms with Crippen molar-refractivity contribution in [2.75, 3.05) is 62.3 Å². The third-order valence-corrected chi connectivity index (χ3v) is 6.56. The second-order valence-electron chi connectivity index (χ2n) is 8.87. The number of hydrogen-bond acceptors (Lipinski definition) is 7. The fourth-order valence-electron chi connectivity index (χ4n) is 4.37. The lowest BCUT2D eigenvalue weighted by Crippen LogP contribution is -2.48. The molecule has 0 saturated carbocycles. The van der Waals surface area contributed by atoms with Crippen LogP contribution in [0.1, 0.15) is 31.4 Å². The minimum absolute atomic E-state index is 0.0154. The van der Waals surface area contributed by atoms with Gasteiger partial charge in [0.15, 0.2) is 0 Å². The van der Waals surface area contributed by atoms with Crippen molar-refractivity contribution in [1.29, 1.82) is 0 Å². The molecule has 0 bridgehead atoms. The molecule has 0 spiro atoms. The van der Waals surface area contributed by atoms with E-state index >= 15 is 0 Å². The van der Waals surface area contributed by atoms with Crippen LogP contribution in [0, 0.1) is 0 Å². The Morgan fingerprint density at radius 3 is 2.61 bits per heavy atom. The first-order valence-corrected chi connectivity index (χ1v) is 11.9. The van der Waals surface area contributed by atoms with Crippen LogP contribution in [-0.4, -0.2) is 79.5 Å². The molecule has 2 atom stereocenters. The van der Waals surface area contributed by atoms with Crippen LogP contribution in [0.5, 0.6) is 5.75 Å². The Bertz CT molecular complexity index is 945. The summed E-state index contributed by atoms with van der Waals surface area (Å²) < 4.78 is 11.7. The van der Waals surface area contributed by atoms with Crippen LogP contribution in [-0.2, 0) is 4.74 Å². The van der Waals surface area contributed by atoms with Crippen LogP contribution in [0.4, 0.5) is 16.6 Å². The minimum atomic E-state index is -0.0347. The summed E-state index contributed by atoms with van der Waals surface area (Å²) in [6, 6.07) is 9.99. The fraction of sp³-hybridized carbons (Fsp3) is 0.542. The van der Waals surface area contributed by atoms with Gasteiger partial charge in [-0.05, 0) is 37.1 Å². The molecule has 176 valence electrons. The molecule has 1 aromatic heterocycles. The Morgan fingerprint density at radius 2 is 1.88 bits per heavy atom. The van der Waals surface area contributed by atoms with Crippen LogP contribution in [0.25, 0.3) is 0 Å². The van der Waals surface area contributed by atoms with E-state index in [4.69, 9.17) is 14.5 Å². The molecule has 2 amide bonds. The number of ether oxygens (including phenoxy) is 2. The maximum absolute atomic E-state index is 12.1. The number of likely N-dealkylation sites (tertiary alicyclic amines) is 1. The molecule has 1 aromatic carbocycles. The lowest BCUT2D eigenvalue weighted by molar-refractivity contribution is 0.122. The van der Waals surface area contributed by atoms with Crippen molar-refractivity contribution in [3.8, 4) is 5.75 Å². The quantitative estimate of drug-likeness (QED) is 0.721. The van der Waals surface area contributed by atoms with Gasteiger partial charge in [0.25, 0.3) is 0 Å². The Hall–Kier alpha value is -3.07. The number of hydrogen-bond donors (Lipinski definition) is 1. The van der Waals surface area contributed by atoms with Crippen LogP contribution in [0.15, 0.2) is 36.5 Å². The molecule has 9 nitrogen and oxygen atoms in total. The van der Waals surface area contributed by atoms with Crippen molar-refractivity contribution in [1.82, 2.24) is 20.2 Å². The van der Waals surface area contributed by atoms with Crippen molar-refractivity contribution < 1.29 is 14.3 Å². The SMILES string of the molecule is C[C@H](NC(=O)N1CCC1)c1ccc(OC2CCN(c3ccnc(N4CCOCC4)n3)C2)cc1. The number of urea groups is 1. The second-order valence-corrected chi connectivity index (χ2v) is 8.87. The predicted octanol–water partition coefficient (Wildman–Crippen LogP) is 2.45. The highest BCUT2D eigenvalue weighted by molar-refractivity contribution is 5.75. The van der Waals surface area contributed by atoms with E-state index in [9.17, 15) is 4.79 Å². The molecule has 3 fully saturated rings. The molecule has 3 saturated heterocycles. The average Bonchev–Trinajstić information content (AvgIpc) is 3.27. The van der Waals surface area contributed by atoms with Gasteiger partial charge in [0.1, 0.15) is 17.7 Å². The van der Waals surface area contributed by atoms with Gasteiger partial charge in [-0.3, -0.25) is 0 Å². The summed E-state index contributed by atoms with van der Waals surface area (Å²) in [7, 11) is 0. The minimum Gasteiger partial charge on any atom is -0.489 e. The monoisotopic (exact) mass is 452 g/mol. The molecule has 3 aliphatic heterocycles. The number of nitrogens with zero attached hydrogens (tertiary/aromatic N) is 5. The van der Waals surface area contributed by atoms with Gasteiger partial charge in [-0.1, -0.05) is 12.1 Å². The van der Waals surface area contributed by atoms with Crippen molar-refractivity contribution >= 4 is 17.8 Å². The van der Waals surface area contributed by atoms with Gasteiger partial charge in [0.2, 0.25) is 5.95 Å². The number of morpholine rings is 1. The summed E-state index contributed by atoms with van der Waals surface area (Å²) in [5, 5.41) is 3.06. The standard InChI is InChI=1S/C24H32N6O3/c1-18(26-24(31)29-10-2-11-29)19-3-5-20(6-4-19)33-21-8-12-30(17-21)22-7-9-25-23(27-22)28-13-15-32-16-14-28/h3-7,9,18,21H,2,8,10-17H2,1H3,(H,26,31)/t18-,21?/m0/s1. The van der Waals surface area contributed by atoms with Gasteiger partial charge in [-0.15, -0.1) is 0 Å². The zero-order valence-electron chi connectivity index (χ0n) is 19.2. The Morgan fingerprint density at radius 1 is 1.09 bits per heavy atom. The van der Waals surface area contributed by atoms with Gasteiger partial charge in [0, 0.05) is 45.3 Å². The number of rotatable bonds is 6. The van der Waals surface area contributed by atoms with Gasteiger partial charge in [0.05, 0.1) is 25.8 Å². The second kappa shape index (κ2) is 9.82. The van der Waals surface area contributed by atoms with E-state index in [1.165, 1.54) is 0 Å². The van der Waals surface area contributed by atoms with Crippen LogP contribution in [0.2, 0.25) is 0 Å². The van der Waals surface area contributed by atoms with E-state index in [0.29, 0.717) is 0 Å². The van der Waals surface area contributed by atoms with E-state index in [0.717, 1.165) is 88.4 Å². The lowest BCUT2D eigenvalue weighted by Gasteiger charge is -2.32. The van der Waals surface area contributed by atoms with E-state index in [2.05, 4.69) is 20.1 Å². The highest BCUT2D eigenvalue weighted by atomic mass is 16.5. The summed E-state index contributed by atoms with van der Waals surface area (Å²) in [4.78, 5) is 27.6. The Kier molecular flexibility index (Phi) is 6.48. The molecule has 33 heavy (non-hydrogen) atoms. The maximum atomic E-state index is 12.1. The summed E-state index contributed by atoms with van der Waals surface area (Å²) in [6.07, 6.45) is 3.99. The highest BCUT2D eigenvalue weighted by Gasteiger charge is 2.26. The molecule has 1 N–H and O–H groups in total. The summed E-state index contributed by atoms with van der Waals surface area (Å²) in [5.74, 6) is 2.56. The summed E-state index contributed by atoms with van der Waals surface area (Å²) in [5.41, 5.74) is 1.07. The molecule has 0 aliphatic carbocycles. The van der Waals surface area contributed by atoms with E-state index in [-0.39, 0.29) is 18.2 Å². The van der Waals surface area contributed by atoms with Crippen molar-refractivity contribution in [2.24, 2.45) is 0 Å². The molecule has 4 heterocycles. The first-order chi connectivity index (χ1) is 16.2. The Labute approximate surface area is 194 Å². The number of aromatic nitrogens is 2. The first kappa shape index (κ1) is 21.8. The van der Waals surface area contributed by atoms with Crippen molar-refractivity contribution in [3.05, 3.63) is 42.1 Å². The summed E-state index contributed by atoms with van der Waals surface area (Å²) in [6.45, 7) is 8.50. The molecule has 0 radical (unpaired) electrons. The Balaban J connectivity index is 1.14. The number of carbonyl (C=O) groups excluding carboxylic acids is 1. The van der Waals surface area contributed by atoms with Crippen LogP contribution < -0.4 is 19.9 Å². The highest BCUT2D eigenvalue weighted by Crippen LogP contribution is 2.25. The first-order valence-electron chi connectivity index (χ1n) is 11.9. The number of benzene rings is 1. The molecule has 3 aliphatic rings. The number of carbonyl (C=O) groups is 1. The number of anilines is 2. The largest absolute Gasteiger partial charge is 0.489 e. The van der Waals surface area contributed by atoms with Crippen molar-refractivity contribution in [2.45, 2.75) is 31.9 Å². The van der Waals surface area contributed by atoms with E-state index in [1.807, 2.05) is 48.4 Å². The fourth-order valence-corrected chi connectivity index (χ4v) is 4.37. The maximum Gasteiger partial charge on any atom is 0.317 e. The summed E-state index contributed by atoms with van der Waals surface area (Å²) >= 11 is 0. The topological polar surface area (TPSA) is 83.1 Å². The third kappa shape index (κ3) is 5.13. The van der Waals surface area contributed by atoms with Gasteiger partial charge >= 0.3 is 6.03 Å². The number of amides is 2. The zero-order valence-corrected chi connectivity index (χ0v) is 19.2. The molecule has 9 heteroatoms. The van der Waals surface area contributed by atoms with Crippen molar-refractivity contribution in [3.63, 3.8) is 0 Å². The van der Waals surface area contributed by atoms with Gasteiger partial charge in [-0.2, -0.15) is 4.98 Å². The average molecular weight is 453 g/mol. The van der Waals surface area contributed by atoms with Gasteiger partial charge < -0.3 is 29.5 Å². The van der Waals surface area contributed by atoms with Crippen LogP contribution >= 0.6 is 0 Å². The predicted molar refractivity (Wildman–Crippen MR) is 126 cm³/mol. The zero-order chi connectivity index (χ0) is 22.6. The molecular formula is C24H32N6O3. The number of nitrogens with one attached hydrogen (secondary N) is 1. The third-order valence-electron chi connectivity index (χ3n) is 6.56.